The van der Waals surface area contributed by atoms with Gasteiger partial charge < -0.3 is 14.7 Å². The monoisotopic (exact) mass is 399 g/mol. The van der Waals surface area contributed by atoms with Crippen molar-refractivity contribution in [1.82, 2.24) is 9.88 Å². The molecule has 1 N–H and O–H groups in total. The highest BCUT2D eigenvalue weighted by atomic mass is 16.6. The Morgan fingerprint density at radius 2 is 1.97 bits per heavy atom. The number of benzene rings is 1. The molecule has 0 radical (unpaired) electrons. The van der Waals surface area contributed by atoms with E-state index in [4.69, 9.17) is 4.74 Å². The molecule has 152 valence electrons. The summed E-state index contributed by atoms with van der Waals surface area (Å²) in [5.74, 6) is -1.42. The standard InChI is InChI=1S/C20H21N3O6/c24-19(14-3-4-16(23(27)28)13-2-1-8-21-17(13)14)22-9-5-12(6-10-22)18-15(20(25)26)7-11-29-18/h1-4,8,12,15,18H,5-7,9-11H2,(H,25,26)/t15?,18-/m0/s1. The van der Waals surface area contributed by atoms with Crippen molar-refractivity contribution in [2.24, 2.45) is 11.8 Å². The van der Waals surface area contributed by atoms with Gasteiger partial charge in [0, 0.05) is 32.0 Å². The molecule has 9 heteroatoms. The molecule has 0 bridgehead atoms. The maximum Gasteiger partial charge on any atom is 0.309 e. The molecule has 1 unspecified atom stereocenters. The van der Waals surface area contributed by atoms with E-state index in [0.717, 1.165) is 0 Å². The molecule has 1 aromatic carbocycles. The maximum atomic E-state index is 13.1. The van der Waals surface area contributed by atoms with E-state index >= 15 is 0 Å². The summed E-state index contributed by atoms with van der Waals surface area (Å²) >= 11 is 0. The number of carboxylic acid groups (broad SMARTS) is 1. The first-order valence-corrected chi connectivity index (χ1v) is 9.63. The zero-order chi connectivity index (χ0) is 20.5. The van der Waals surface area contributed by atoms with E-state index in [-0.39, 0.29) is 23.6 Å². The van der Waals surface area contributed by atoms with Gasteiger partial charge in [0.25, 0.3) is 11.6 Å². The molecule has 29 heavy (non-hydrogen) atoms. The number of nitro groups is 1. The number of non-ortho nitro benzene ring substituents is 1. The lowest BCUT2D eigenvalue weighted by molar-refractivity contribution is -0.383. The molecule has 4 rings (SSSR count). The third-order valence-electron chi connectivity index (χ3n) is 5.92. The number of hydrogen-bond acceptors (Lipinski definition) is 6. The Hall–Kier alpha value is -3.07. The molecular formula is C20H21N3O6. The number of nitrogens with zero attached hydrogens (tertiary/aromatic N) is 3. The van der Waals surface area contributed by atoms with Gasteiger partial charge in [-0.15, -0.1) is 0 Å². The molecule has 2 aliphatic rings. The molecule has 2 fully saturated rings. The fourth-order valence-corrected chi connectivity index (χ4v) is 4.43. The number of carbonyl (C=O) groups excluding carboxylic acids is 1. The average molecular weight is 399 g/mol. The second-order valence-corrected chi connectivity index (χ2v) is 7.49. The van der Waals surface area contributed by atoms with Gasteiger partial charge in [0.15, 0.2) is 0 Å². The van der Waals surface area contributed by atoms with Gasteiger partial charge in [0.05, 0.1) is 33.4 Å². The highest BCUT2D eigenvalue weighted by Gasteiger charge is 2.41. The number of pyridine rings is 1. The molecule has 2 aliphatic heterocycles. The van der Waals surface area contributed by atoms with Crippen LogP contribution >= 0.6 is 0 Å². The van der Waals surface area contributed by atoms with Crippen LogP contribution in [0.25, 0.3) is 10.9 Å². The van der Waals surface area contributed by atoms with Gasteiger partial charge in [-0.3, -0.25) is 24.7 Å². The van der Waals surface area contributed by atoms with E-state index in [1.165, 1.54) is 18.3 Å². The third-order valence-corrected chi connectivity index (χ3v) is 5.92. The number of carboxylic acids is 1. The van der Waals surface area contributed by atoms with Crippen LogP contribution < -0.4 is 0 Å². The van der Waals surface area contributed by atoms with E-state index < -0.39 is 16.8 Å². The number of piperidine rings is 1. The summed E-state index contributed by atoms with van der Waals surface area (Å²) in [4.78, 5) is 41.2. The zero-order valence-electron chi connectivity index (χ0n) is 15.7. The Morgan fingerprint density at radius 1 is 1.21 bits per heavy atom. The smallest absolute Gasteiger partial charge is 0.309 e. The number of nitro benzene ring substituents is 1. The van der Waals surface area contributed by atoms with Crippen molar-refractivity contribution in [3.63, 3.8) is 0 Å². The number of likely N-dealkylation sites (tertiary alicyclic amines) is 1. The Kier molecular flexibility index (Phi) is 5.14. The van der Waals surface area contributed by atoms with E-state index in [0.29, 0.717) is 55.4 Å². The third kappa shape index (κ3) is 3.53. The van der Waals surface area contributed by atoms with Crippen LogP contribution in [0.15, 0.2) is 30.5 Å². The summed E-state index contributed by atoms with van der Waals surface area (Å²) in [6.45, 7) is 1.43. The summed E-state index contributed by atoms with van der Waals surface area (Å²) in [5, 5.41) is 21.0. The number of amides is 1. The number of ether oxygens (including phenoxy) is 1. The minimum absolute atomic E-state index is 0.0820. The molecule has 2 saturated heterocycles. The number of aromatic nitrogens is 1. The second kappa shape index (κ2) is 7.75. The first-order chi connectivity index (χ1) is 14.0. The molecule has 0 spiro atoms. The lowest BCUT2D eigenvalue weighted by Gasteiger charge is -2.35. The molecule has 9 nitrogen and oxygen atoms in total. The largest absolute Gasteiger partial charge is 0.481 e. The lowest BCUT2D eigenvalue weighted by atomic mass is 9.84. The van der Waals surface area contributed by atoms with E-state index in [2.05, 4.69) is 4.98 Å². The van der Waals surface area contributed by atoms with Crippen molar-refractivity contribution in [3.8, 4) is 0 Å². The average Bonchev–Trinajstić information content (AvgIpc) is 3.23. The van der Waals surface area contributed by atoms with Gasteiger partial charge >= 0.3 is 5.97 Å². The van der Waals surface area contributed by atoms with Crippen molar-refractivity contribution in [3.05, 3.63) is 46.1 Å². The van der Waals surface area contributed by atoms with Gasteiger partial charge in [-0.25, -0.2) is 0 Å². The Morgan fingerprint density at radius 3 is 2.66 bits per heavy atom. The van der Waals surface area contributed by atoms with Crippen LogP contribution in [0.1, 0.15) is 29.6 Å². The fraction of sp³-hybridized carbons (Fsp3) is 0.450. The van der Waals surface area contributed by atoms with Crippen LogP contribution in [0.5, 0.6) is 0 Å². The fourth-order valence-electron chi connectivity index (χ4n) is 4.43. The van der Waals surface area contributed by atoms with Gasteiger partial charge in [0.1, 0.15) is 0 Å². The topological polar surface area (TPSA) is 123 Å². The highest BCUT2D eigenvalue weighted by Crippen LogP contribution is 2.34. The number of aliphatic carboxylic acids is 1. The first-order valence-electron chi connectivity index (χ1n) is 9.63. The van der Waals surface area contributed by atoms with Crippen molar-refractivity contribution in [2.75, 3.05) is 19.7 Å². The number of carbonyl (C=O) groups is 2. The van der Waals surface area contributed by atoms with Crippen molar-refractivity contribution in [2.45, 2.75) is 25.4 Å². The van der Waals surface area contributed by atoms with Crippen LogP contribution in [-0.2, 0) is 9.53 Å². The van der Waals surface area contributed by atoms with Gasteiger partial charge in [-0.2, -0.15) is 0 Å². The predicted molar refractivity (Wildman–Crippen MR) is 103 cm³/mol. The Labute approximate surface area is 166 Å². The van der Waals surface area contributed by atoms with Crippen molar-refractivity contribution in [1.29, 1.82) is 0 Å². The lowest BCUT2D eigenvalue weighted by Crippen LogP contribution is -2.43. The minimum Gasteiger partial charge on any atom is -0.481 e. The SMILES string of the molecule is O=C(O)C1CCO[C@H]1C1CCN(C(=O)c2ccc([N+](=O)[O-])c3cccnc23)CC1. The van der Waals surface area contributed by atoms with Crippen LogP contribution in [0.4, 0.5) is 5.69 Å². The van der Waals surface area contributed by atoms with E-state index in [1.54, 1.807) is 17.0 Å². The quantitative estimate of drug-likeness (QED) is 0.619. The van der Waals surface area contributed by atoms with Crippen molar-refractivity contribution >= 4 is 28.5 Å². The van der Waals surface area contributed by atoms with Crippen LogP contribution in [0, 0.1) is 22.0 Å². The molecule has 0 saturated carbocycles. The summed E-state index contributed by atoms with van der Waals surface area (Å²) in [7, 11) is 0. The van der Waals surface area contributed by atoms with E-state index in [9.17, 15) is 24.8 Å². The van der Waals surface area contributed by atoms with E-state index in [1.807, 2.05) is 0 Å². The minimum atomic E-state index is -0.825. The second-order valence-electron chi connectivity index (χ2n) is 7.49. The van der Waals surface area contributed by atoms with Gasteiger partial charge in [-0.1, -0.05) is 0 Å². The molecular weight excluding hydrogens is 378 g/mol. The normalized spacial score (nSPS) is 22.7. The number of fused-ring (bicyclic) bond motifs is 1. The zero-order valence-corrected chi connectivity index (χ0v) is 15.7. The molecule has 3 heterocycles. The van der Waals surface area contributed by atoms with Crippen molar-refractivity contribution < 1.29 is 24.4 Å². The summed E-state index contributed by atoms with van der Waals surface area (Å²) < 4.78 is 5.68. The van der Waals surface area contributed by atoms with Crippen LogP contribution in [0.3, 0.4) is 0 Å². The molecule has 0 aliphatic carbocycles. The summed E-state index contributed by atoms with van der Waals surface area (Å²) in [6, 6.07) is 6.00. The van der Waals surface area contributed by atoms with Crippen LogP contribution in [0.2, 0.25) is 0 Å². The molecule has 2 aromatic rings. The Balaban J connectivity index is 1.51. The molecule has 1 aromatic heterocycles. The molecule has 1 amide bonds. The number of rotatable bonds is 4. The highest BCUT2D eigenvalue weighted by molar-refractivity contribution is 6.07. The van der Waals surface area contributed by atoms with Gasteiger partial charge in [0.2, 0.25) is 0 Å². The Bertz CT molecular complexity index is 970. The van der Waals surface area contributed by atoms with Gasteiger partial charge in [-0.05, 0) is 43.4 Å². The predicted octanol–water partition coefficient (Wildman–Crippen LogP) is 2.48. The first kappa shape index (κ1) is 19.3. The molecule has 2 atom stereocenters. The number of hydrogen-bond donors (Lipinski definition) is 1. The summed E-state index contributed by atoms with van der Waals surface area (Å²) in [5.41, 5.74) is 0.575. The van der Waals surface area contributed by atoms with Crippen LogP contribution in [-0.4, -0.2) is 57.6 Å². The maximum absolute atomic E-state index is 13.1. The summed E-state index contributed by atoms with van der Waals surface area (Å²) in [6.07, 6.45) is 3.07.